The van der Waals surface area contributed by atoms with Gasteiger partial charge in [0.1, 0.15) is 6.04 Å². The van der Waals surface area contributed by atoms with E-state index in [1.54, 1.807) is 4.90 Å². The molecule has 1 saturated heterocycles. The van der Waals surface area contributed by atoms with Crippen molar-refractivity contribution in [3.05, 3.63) is 59.1 Å². The molecule has 1 fully saturated rings. The maximum Gasteiger partial charge on any atom is 0.279 e. The van der Waals surface area contributed by atoms with Crippen LogP contribution in [0.5, 0.6) is 0 Å². The first-order chi connectivity index (χ1) is 13.5. The van der Waals surface area contributed by atoms with E-state index in [2.05, 4.69) is 36.2 Å². The molecule has 0 spiro atoms. The van der Waals surface area contributed by atoms with Crippen LogP contribution < -0.4 is 20.4 Å². The number of nitrogens with one attached hydrogen (secondary N) is 2. The fourth-order valence-corrected chi connectivity index (χ4v) is 3.71. The molecule has 1 amide bonds. The van der Waals surface area contributed by atoms with E-state index >= 15 is 0 Å². The van der Waals surface area contributed by atoms with Crippen molar-refractivity contribution in [2.24, 2.45) is 0 Å². The molecule has 0 radical (unpaired) electrons. The molecule has 2 aromatic carbocycles. The largest absolute Gasteiger partial charge is 0.360 e. The van der Waals surface area contributed by atoms with Crippen molar-refractivity contribution in [1.29, 1.82) is 0 Å². The van der Waals surface area contributed by atoms with Crippen molar-refractivity contribution in [3.63, 3.8) is 0 Å². The Hall–Kier alpha value is -2.08. The number of benzene rings is 2. The van der Waals surface area contributed by atoms with Crippen LogP contribution in [0.4, 0.5) is 11.4 Å². The van der Waals surface area contributed by atoms with Crippen LogP contribution in [0.25, 0.3) is 0 Å². The number of halogens is 1. The van der Waals surface area contributed by atoms with Crippen molar-refractivity contribution in [3.8, 4) is 0 Å². The predicted molar refractivity (Wildman–Crippen MR) is 115 cm³/mol. The van der Waals surface area contributed by atoms with Crippen molar-refractivity contribution >= 4 is 28.9 Å². The molecule has 1 heterocycles. The maximum atomic E-state index is 12.3. The van der Waals surface area contributed by atoms with E-state index in [-0.39, 0.29) is 11.9 Å². The number of rotatable bonds is 7. The average molecular weight is 403 g/mol. The number of piperazine rings is 1. The molecule has 0 aliphatic carbocycles. The molecule has 0 bridgehead atoms. The van der Waals surface area contributed by atoms with Gasteiger partial charge in [-0.05, 0) is 50.2 Å². The maximum absolute atomic E-state index is 12.3. The lowest BCUT2D eigenvalue weighted by Crippen LogP contribution is -3.14. The van der Waals surface area contributed by atoms with Crippen LogP contribution in [-0.4, -0.2) is 45.2 Å². The molecular formula is C22H31ClN4O+2. The van der Waals surface area contributed by atoms with Gasteiger partial charge in [-0.2, -0.15) is 0 Å². The molecule has 0 unspecified atom stereocenters. The third kappa shape index (κ3) is 5.71. The Kier molecular flexibility index (Phi) is 7.31. The van der Waals surface area contributed by atoms with Crippen LogP contribution in [0, 0.1) is 0 Å². The minimum Gasteiger partial charge on any atom is -0.360 e. The monoisotopic (exact) mass is 402 g/mol. The summed E-state index contributed by atoms with van der Waals surface area (Å²) in [5, 5.41) is 5.75. The van der Waals surface area contributed by atoms with Gasteiger partial charge < -0.3 is 20.4 Å². The molecule has 150 valence electrons. The number of carbonyl (C=O) groups is 1. The zero-order valence-corrected chi connectivity index (χ0v) is 17.5. The van der Waals surface area contributed by atoms with Gasteiger partial charge in [0.25, 0.3) is 5.91 Å². The molecule has 1 aliphatic heterocycles. The standard InChI is InChI=1S/C22H29ClN4O/c1-3-26-12-14-27(15-13-26)21-10-8-20(9-11-21)25-22(28)16-24-17(2)18-4-6-19(23)7-5-18/h4-11,17,24H,3,12-16H2,1-2H3,(H,25,28)/p+2/t17-/m1/s1. The van der Waals surface area contributed by atoms with Crippen LogP contribution in [0.15, 0.2) is 48.5 Å². The molecule has 0 aromatic heterocycles. The van der Waals surface area contributed by atoms with Gasteiger partial charge in [0, 0.05) is 22.0 Å². The van der Waals surface area contributed by atoms with Gasteiger partial charge in [-0.3, -0.25) is 4.79 Å². The summed E-state index contributed by atoms with van der Waals surface area (Å²) >= 11 is 5.93. The minimum absolute atomic E-state index is 0.00808. The summed E-state index contributed by atoms with van der Waals surface area (Å²) in [6.45, 7) is 10.5. The Morgan fingerprint density at radius 2 is 1.79 bits per heavy atom. The van der Waals surface area contributed by atoms with E-state index in [1.165, 1.54) is 25.3 Å². The second-order valence-corrected chi connectivity index (χ2v) is 7.90. The molecule has 1 aliphatic rings. The first-order valence-corrected chi connectivity index (χ1v) is 10.5. The van der Waals surface area contributed by atoms with E-state index in [1.807, 2.05) is 41.7 Å². The number of hydrogen-bond acceptors (Lipinski definition) is 2. The second-order valence-electron chi connectivity index (χ2n) is 7.47. The minimum atomic E-state index is 0.00808. The van der Waals surface area contributed by atoms with Crippen LogP contribution >= 0.6 is 11.6 Å². The van der Waals surface area contributed by atoms with Crippen LogP contribution in [0.1, 0.15) is 25.5 Å². The zero-order chi connectivity index (χ0) is 19.9. The average Bonchev–Trinajstić information content (AvgIpc) is 2.73. The molecule has 5 nitrogen and oxygen atoms in total. The van der Waals surface area contributed by atoms with Crippen LogP contribution in [-0.2, 0) is 4.79 Å². The molecule has 28 heavy (non-hydrogen) atoms. The van der Waals surface area contributed by atoms with Crippen LogP contribution in [0.2, 0.25) is 5.02 Å². The summed E-state index contributed by atoms with van der Waals surface area (Å²) in [6, 6.07) is 16.2. The Morgan fingerprint density at radius 1 is 1.14 bits per heavy atom. The topological polar surface area (TPSA) is 53.4 Å². The SMILES string of the molecule is CC[NH+]1CCN(c2ccc(NC(=O)C[NH2+][C@H](C)c3ccc(Cl)cc3)cc2)CC1. The summed E-state index contributed by atoms with van der Waals surface area (Å²) in [6.07, 6.45) is 0. The Morgan fingerprint density at radius 3 is 2.39 bits per heavy atom. The van der Waals surface area contributed by atoms with E-state index < -0.39 is 0 Å². The third-order valence-electron chi connectivity index (χ3n) is 5.54. The first-order valence-electron chi connectivity index (χ1n) is 10.1. The molecular weight excluding hydrogens is 372 g/mol. The number of amides is 1. The second kappa shape index (κ2) is 9.92. The van der Waals surface area contributed by atoms with Crippen molar-refractivity contribution in [2.45, 2.75) is 19.9 Å². The normalized spacial score (nSPS) is 16.0. The number of hydrogen-bond donors (Lipinski definition) is 3. The molecule has 1 atom stereocenters. The highest BCUT2D eigenvalue weighted by molar-refractivity contribution is 6.30. The summed E-state index contributed by atoms with van der Waals surface area (Å²) in [7, 11) is 0. The number of quaternary nitrogens is 2. The van der Waals surface area contributed by atoms with Crippen molar-refractivity contribution < 1.29 is 15.0 Å². The van der Waals surface area contributed by atoms with Crippen molar-refractivity contribution in [1.82, 2.24) is 0 Å². The van der Waals surface area contributed by atoms with Gasteiger partial charge in [-0.15, -0.1) is 0 Å². The number of likely N-dealkylation sites (N-methyl/N-ethyl adjacent to an activating group) is 1. The third-order valence-corrected chi connectivity index (χ3v) is 5.79. The number of carbonyl (C=O) groups excluding carboxylic acids is 1. The summed E-state index contributed by atoms with van der Waals surface area (Å²) in [5.74, 6) is 0.00808. The van der Waals surface area contributed by atoms with Crippen molar-refractivity contribution in [2.75, 3.05) is 49.5 Å². The van der Waals surface area contributed by atoms with Crippen LogP contribution in [0.3, 0.4) is 0 Å². The zero-order valence-electron chi connectivity index (χ0n) is 16.7. The predicted octanol–water partition coefficient (Wildman–Crippen LogP) is 1.33. The number of nitrogens with two attached hydrogens (primary N) is 1. The van der Waals surface area contributed by atoms with Gasteiger partial charge in [0.2, 0.25) is 0 Å². The summed E-state index contributed by atoms with van der Waals surface area (Å²) in [4.78, 5) is 16.4. The molecule has 6 heteroatoms. The quantitative estimate of drug-likeness (QED) is 0.654. The first kappa shape index (κ1) is 20.6. The number of anilines is 2. The Labute approximate surface area is 172 Å². The Bertz CT molecular complexity index is 755. The highest BCUT2D eigenvalue weighted by atomic mass is 35.5. The molecule has 4 N–H and O–H groups in total. The molecule has 3 rings (SSSR count). The highest BCUT2D eigenvalue weighted by Crippen LogP contribution is 2.18. The van der Waals surface area contributed by atoms with Gasteiger partial charge in [-0.25, -0.2) is 0 Å². The fraction of sp³-hybridized carbons (Fsp3) is 0.409. The number of nitrogens with zero attached hydrogens (tertiary/aromatic N) is 1. The highest BCUT2D eigenvalue weighted by Gasteiger charge is 2.18. The fourth-order valence-electron chi connectivity index (χ4n) is 3.59. The van der Waals surface area contributed by atoms with Gasteiger partial charge in [0.05, 0.1) is 32.7 Å². The smallest absolute Gasteiger partial charge is 0.279 e. The van der Waals surface area contributed by atoms with Gasteiger partial charge in [0.15, 0.2) is 6.54 Å². The lowest BCUT2D eigenvalue weighted by molar-refractivity contribution is -0.898. The molecule has 0 saturated carbocycles. The van der Waals surface area contributed by atoms with E-state index in [9.17, 15) is 4.79 Å². The Balaban J connectivity index is 1.46. The van der Waals surface area contributed by atoms with Gasteiger partial charge in [-0.1, -0.05) is 23.7 Å². The summed E-state index contributed by atoms with van der Waals surface area (Å²) in [5.41, 5.74) is 3.24. The lowest BCUT2D eigenvalue weighted by Gasteiger charge is -2.33. The lowest BCUT2D eigenvalue weighted by atomic mass is 10.1. The summed E-state index contributed by atoms with van der Waals surface area (Å²) < 4.78 is 0. The van der Waals surface area contributed by atoms with E-state index in [0.29, 0.717) is 6.54 Å². The van der Waals surface area contributed by atoms with E-state index in [0.717, 1.165) is 29.4 Å². The molecule has 2 aromatic rings. The van der Waals surface area contributed by atoms with E-state index in [4.69, 9.17) is 11.6 Å². The van der Waals surface area contributed by atoms with Gasteiger partial charge >= 0.3 is 0 Å².